The third-order valence-electron chi connectivity index (χ3n) is 13.5. The van der Waals surface area contributed by atoms with Crippen LogP contribution in [0.15, 0.2) is 0 Å². The molecule has 13 heteroatoms. The van der Waals surface area contributed by atoms with Crippen LogP contribution < -0.4 is 27.0 Å². The lowest BCUT2D eigenvalue weighted by Gasteiger charge is -2.39. The Hall–Kier alpha value is -3.22. The van der Waals surface area contributed by atoms with Gasteiger partial charge in [-0.1, -0.05) is 74.1 Å². The summed E-state index contributed by atoms with van der Waals surface area (Å²) in [7, 11) is 0. The molecule has 6 N–H and O–H groups in total. The van der Waals surface area contributed by atoms with Gasteiger partial charge < -0.3 is 36.8 Å². The number of Topliss-reactive ketones (excluding diaryl/α,β-unsaturated/α-hetero) is 1. The van der Waals surface area contributed by atoms with Gasteiger partial charge in [0.05, 0.1) is 6.04 Å². The number of primary amides is 1. The van der Waals surface area contributed by atoms with Crippen LogP contribution in [0.3, 0.4) is 0 Å². The monoisotopic (exact) mass is 713 g/mol. The molecule has 6 amide bonds. The molecule has 51 heavy (non-hydrogen) atoms. The van der Waals surface area contributed by atoms with Crippen LogP contribution in [0.2, 0.25) is 0 Å². The Morgan fingerprint density at radius 1 is 0.882 bits per heavy atom. The van der Waals surface area contributed by atoms with Crippen LogP contribution in [0.5, 0.6) is 0 Å². The number of hydrogen-bond donors (Lipinski definition) is 5. The van der Waals surface area contributed by atoms with Crippen molar-refractivity contribution >= 4 is 35.4 Å². The molecule has 2 aliphatic heterocycles. The first-order valence-corrected chi connectivity index (χ1v) is 19.2. The van der Waals surface area contributed by atoms with Crippen LogP contribution in [-0.2, 0) is 24.0 Å². The van der Waals surface area contributed by atoms with Crippen molar-refractivity contribution in [3.8, 4) is 0 Å². The summed E-state index contributed by atoms with van der Waals surface area (Å²) in [6.45, 7) is 19.3. The van der Waals surface area contributed by atoms with E-state index in [4.69, 9.17) is 5.73 Å². The highest BCUT2D eigenvalue weighted by Gasteiger charge is 2.85. The Morgan fingerprint density at radius 2 is 1.49 bits per heavy atom. The molecule has 1 unspecified atom stereocenters. The number of hydrogen-bond acceptors (Lipinski definition) is 7. The summed E-state index contributed by atoms with van der Waals surface area (Å²) in [4.78, 5) is 84.8. The van der Waals surface area contributed by atoms with E-state index in [1.54, 1.807) is 9.80 Å². The maximum Gasteiger partial charge on any atom is 0.316 e. The highest BCUT2D eigenvalue weighted by Crippen LogP contribution is 2.88. The zero-order valence-electron chi connectivity index (χ0n) is 32.3. The fourth-order valence-corrected chi connectivity index (χ4v) is 10.1. The molecule has 0 radical (unpaired) electrons. The van der Waals surface area contributed by atoms with Crippen LogP contribution in [0, 0.1) is 33.5 Å². The molecule has 5 rings (SSSR count). The highest BCUT2D eigenvalue weighted by molar-refractivity contribution is 6.37. The minimum absolute atomic E-state index is 0.0216. The number of fused-ring (bicyclic) bond motifs is 1. The summed E-state index contributed by atoms with van der Waals surface area (Å²) in [5, 5.41) is 12.1. The fourth-order valence-electron chi connectivity index (χ4n) is 10.1. The number of carbonyl (C=O) groups is 6. The summed E-state index contributed by atoms with van der Waals surface area (Å²) in [5.74, 6) is -2.92. The van der Waals surface area contributed by atoms with E-state index in [1.165, 1.54) is 0 Å². The van der Waals surface area contributed by atoms with Crippen LogP contribution in [0.25, 0.3) is 0 Å². The summed E-state index contributed by atoms with van der Waals surface area (Å²) < 4.78 is 0. The van der Waals surface area contributed by atoms with Gasteiger partial charge >= 0.3 is 6.03 Å². The van der Waals surface area contributed by atoms with Gasteiger partial charge in [-0.3, -0.25) is 24.0 Å². The van der Waals surface area contributed by atoms with E-state index >= 15 is 0 Å². The van der Waals surface area contributed by atoms with E-state index in [9.17, 15) is 28.8 Å². The Bertz CT molecular complexity index is 1410. The molecule has 2 saturated heterocycles. The number of urea groups is 1. The third-order valence-corrected chi connectivity index (χ3v) is 13.5. The van der Waals surface area contributed by atoms with Crippen LogP contribution in [0.4, 0.5) is 4.79 Å². The quantitative estimate of drug-likeness (QED) is 0.204. The number of amides is 6. The van der Waals surface area contributed by atoms with E-state index in [-0.39, 0.29) is 52.0 Å². The molecule has 0 aromatic carbocycles. The number of nitrogens with zero attached hydrogens (tertiary/aromatic N) is 2. The SMILES string of the molecule is CC(C)[C@H](NC(=O)N[C@H](C(=O)N1C[C@]2(C[C@H]1C(=O)NC(CC1CCC1)C(=O)C(N)=O)C(C)(C)C21CCC1)C(C)(C)C)C(=O)N1C[C@@H](C)N[C@@H](C)C1. The molecule has 0 aromatic heterocycles. The summed E-state index contributed by atoms with van der Waals surface area (Å²) >= 11 is 0. The normalized spacial score (nSPS) is 29.8. The van der Waals surface area contributed by atoms with Gasteiger partial charge in [0.1, 0.15) is 18.1 Å². The molecular weight excluding hydrogens is 650 g/mol. The van der Waals surface area contributed by atoms with Crippen molar-refractivity contribution in [2.24, 2.45) is 39.2 Å². The fraction of sp³-hybridized carbons (Fsp3) is 0.842. The van der Waals surface area contributed by atoms with Gasteiger partial charge in [0.15, 0.2) is 0 Å². The molecule has 13 nitrogen and oxygen atoms in total. The summed E-state index contributed by atoms with van der Waals surface area (Å²) in [6.07, 6.45) is 6.80. The predicted molar refractivity (Wildman–Crippen MR) is 193 cm³/mol. The second kappa shape index (κ2) is 14.0. The van der Waals surface area contributed by atoms with Gasteiger partial charge in [-0.2, -0.15) is 0 Å². The molecule has 5 fully saturated rings. The van der Waals surface area contributed by atoms with Crippen LogP contribution in [0.1, 0.15) is 114 Å². The maximum atomic E-state index is 14.8. The number of nitrogens with one attached hydrogen (secondary N) is 4. The van der Waals surface area contributed by atoms with Crippen molar-refractivity contribution in [1.82, 2.24) is 31.1 Å². The molecular formula is C38H63N7O6. The second-order valence-corrected chi connectivity index (χ2v) is 18.5. The molecule has 5 aliphatic rings. The van der Waals surface area contributed by atoms with Gasteiger partial charge in [-0.25, -0.2) is 4.79 Å². The van der Waals surface area contributed by atoms with Crippen LogP contribution in [-0.4, -0.2) is 101 Å². The van der Waals surface area contributed by atoms with E-state index < -0.39 is 53.2 Å². The number of ketones is 1. The van der Waals surface area contributed by atoms with Gasteiger partial charge in [0.25, 0.3) is 5.91 Å². The first-order valence-electron chi connectivity index (χ1n) is 19.2. The van der Waals surface area contributed by atoms with Gasteiger partial charge in [-0.15, -0.1) is 0 Å². The van der Waals surface area contributed by atoms with Gasteiger partial charge in [-0.05, 0) is 67.6 Å². The molecule has 2 spiro atoms. The summed E-state index contributed by atoms with van der Waals surface area (Å²) in [6, 6.07) is -4.15. The van der Waals surface area contributed by atoms with Crippen molar-refractivity contribution in [3.63, 3.8) is 0 Å². The van der Waals surface area contributed by atoms with Crippen molar-refractivity contribution < 1.29 is 28.8 Å². The van der Waals surface area contributed by atoms with E-state index in [1.807, 2.05) is 48.5 Å². The van der Waals surface area contributed by atoms with E-state index in [0.717, 1.165) is 38.5 Å². The Morgan fingerprint density at radius 3 is 1.94 bits per heavy atom. The lowest BCUT2D eigenvalue weighted by Crippen LogP contribution is -2.63. The highest BCUT2D eigenvalue weighted by atomic mass is 16.2. The maximum absolute atomic E-state index is 14.8. The second-order valence-electron chi connectivity index (χ2n) is 18.5. The van der Waals surface area contributed by atoms with Crippen LogP contribution >= 0.6 is 0 Å². The Labute approximate surface area is 303 Å². The third kappa shape index (κ3) is 7.00. The van der Waals surface area contributed by atoms with Crippen molar-refractivity contribution in [2.45, 2.75) is 150 Å². The number of nitrogens with two attached hydrogens (primary N) is 1. The number of rotatable bonds is 11. The minimum Gasteiger partial charge on any atom is -0.363 e. The largest absolute Gasteiger partial charge is 0.363 e. The summed E-state index contributed by atoms with van der Waals surface area (Å²) in [5.41, 5.74) is 4.28. The van der Waals surface area contributed by atoms with Gasteiger partial charge in [0.2, 0.25) is 23.5 Å². The Kier molecular flexibility index (Phi) is 10.7. The number of piperazine rings is 1. The number of carbonyl (C=O) groups excluding carboxylic acids is 6. The molecule has 286 valence electrons. The van der Waals surface area contributed by atoms with Crippen molar-refractivity contribution in [1.29, 1.82) is 0 Å². The predicted octanol–water partition coefficient (Wildman–Crippen LogP) is 2.46. The van der Waals surface area contributed by atoms with E-state index in [2.05, 4.69) is 35.1 Å². The van der Waals surface area contributed by atoms with Gasteiger partial charge in [0, 0.05) is 37.1 Å². The molecule has 0 aromatic rings. The lowest BCUT2D eigenvalue weighted by molar-refractivity contribution is -0.143. The smallest absolute Gasteiger partial charge is 0.316 e. The Balaban J connectivity index is 1.38. The van der Waals surface area contributed by atoms with Crippen molar-refractivity contribution in [2.75, 3.05) is 19.6 Å². The molecule has 0 bridgehead atoms. The van der Waals surface area contributed by atoms with E-state index in [0.29, 0.717) is 32.5 Å². The molecule has 7 atom stereocenters. The van der Waals surface area contributed by atoms with Crippen molar-refractivity contribution in [3.05, 3.63) is 0 Å². The average molecular weight is 714 g/mol. The first-order chi connectivity index (χ1) is 23.7. The zero-order valence-corrected chi connectivity index (χ0v) is 32.3. The average Bonchev–Trinajstić information content (AvgIpc) is 3.20. The zero-order chi connectivity index (χ0) is 37.8. The molecule has 3 aliphatic carbocycles. The number of likely N-dealkylation sites (tertiary alicyclic amines) is 1. The molecule has 2 heterocycles. The lowest BCUT2D eigenvalue weighted by atomic mass is 9.73. The first kappa shape index (κ1) is 39.0. The molecule has 3 saturated carbocycles. The topological polar surface area (TPSA) is 183 Å². The standard InChI is InChI=1S/C38H63N7O6/c1-21(2)27(32(49)44-18-22(3)40-23(4)19-44)42-34(51)43-29(35(5,6)7)33(50)45-20-38(36(8,9)37(38)14-11-15-37)17-26(45)31(48)41-25(28(46)30(39)47)16-24-12-10-13-24/h21-27,29,40H,10-20H2,1-9H3,(H2,39,47)(H,41,48)(H2,42,43,51)/t22-,23+,25?,26-,27-,29+,38+/m0/s1. The minimum atomic E-state index is -1.09.